The standard InChI is InChI=1S/C14H11BrN2O2S2/c15-12-6-7-13(20-12)21(18,19)17-9-11-4-1-3-10-5-2-8-16-14(10)11/h1-8,17H,9H2. The van der Waals surface area contributed by atoms with Gasteiger partial charge in [-0.05, 0) is 39.7 Å². The number of benzene rings is 1. The van der Waals surface area contributed by atoms with Crippen LogP contribution >= 0.6 is 27.3 Å². The van der Waals surface area contributed by atoms with Gasteiger partial charge in [0.15, 0.2) is 0 Å². The summed E-state index contributed by atoms with van der Waals surface area (Å²) in [5.74, 6) is 0. The van der Waals surface area contributed by atoms with Gasteiger partial charge in [-0.2, -0.15) is 0 Å². The van der Waals surface area contributed by atoms with Gasteiger partial charge in [0.2, 0.25) is 10.0 Å². The highest BCUT2D eigenvalue weighted by atomic mass is 79.9. The number of halogens is 1. The number of aromatic nitrogens is 1. The van der Waals surface area contributed by atoms with Crippen LogP contribution in [0.4, 0.5) is 0 Å². The molecule has 0 aliphatic rings. The average molecular weight is 383 g/mol. The van der Waals surface area contributed by atoms with Gasteiger partial charge >= 0.3 is 0 Å². The van der Waals surface area contributed by atoms with Crippen molar-refractivity contribution in [2.75, 3.05) is 0 Å². The van der Waals surface area contributed by atoms with E-state index >= 15 is 0 Å². The van der Waals surface area contributed by atoms with Crippen LogP contribution in [-0.4, -0.2) is 13.4 Å². The summed E-state index contributed by atoms with van der Waals surface area (Å²) >= 11 is 4.45. The molecule has 2 aromatic heterocycles. The number of rotatable bonds is 4. The molecule has 1 aromatic carbocycles. The molecule has 7 heteroatoms. The van der Waals surface area contributed by atoms with Gasteiger partial charge in [0.1, 0.15) is 4.21 Å². The third kappa shape index (κ3) is 3.16. The molecule has 108 valence electrons. The SMILES string of the molecule is O=S(=O)(NCc1cccc2cccnc12)c1ccc(Br)s1. The van der Waals surface area contributed by atoms with Gasteiger partial charge in [-0.1, -0.05) is 24.3 Å². The van der Waals surface area contributed by atoms with E-state index in [-0.39, 0.29) is 6.54 Å². The highest BCUT2D eigenvalue weighted by Gasteiger charge is 2.16. The Hall–Kier alpha value is -1.28. The lowest BCUT2D eigenvalue weighted by Crippen LogP contribution is -2.22. The lowest BCUT2D eigenvalue weighted by atomic mass is 10.1. The molecule has 21 heavy (non-hydrogen) atoms. The van der Waals surface area contributed by atoms with Crippen LogP contribution in [0, 0.1) is 0 Å². The fraction of sp³-hybridized carbons (Fsp3) is 0.0714. The van der Waals surface area contributed by atoms with Gasteiger partial charge in [-0.25, -0.2) is 13.1 Å². The van der Waals surface area contributed by atoms with Crippen molar-refractivity contribution in [3.63, 3.8) is 0 Å². The first kappa shape index (κ1) is 14.6. The third-order valence-electron chi connectivity index (χ3n) is 2.98. The molecule has 0 aliphatic heterocycles. The Morgan fingerprint density at radius 2 is 1.95 bits per heavy atom. The highest BCUT2D eigenvalue weighted by Crippen LogP contribution is 2.26. The quantitative estimate of drug-likeness (QED) is 0.750. The summed E-state index contributed by atoms with van der Waals surface area (Å²) in [6, 6.07) is 12.8. The molecule has 1 N–H and O–H groups in total. The molecule has 0 fully saturated rings. The predicted molar refractivity (Wildman–Crippen MR) is 87.8 cm³/mol. The number of sulfonamides is 1. The van der Waals surface area contributed by atoms with Crippen LogP contribution in [0.3, 0.4) is 0 Å². The maximum absolute atomic E-state index is 12.2. The van der Waals surface area contributed by atoms with Gasteiger partial charge in [0.05, 0.1) is 9.30 Å². The van der Waals surface area contributed by atoms with Crippen LogP contribution in [0.25, 0.3) is 10.9 Å². The Balaban J connectivity index is 1.87. The van der Waals surface area contributed by atoms with E-state index in [9.17, 15) is 8.42 Å². The molecule has 0 unspecified atom stereocenters. The summed E-state index contributed by atoms with van der Waals surface area (Å²) < 4.78 is 28.1. The monoisotopic (exact) mass is 382 g/mol. The maximum Gasteiger partial charge on any atom is 0.250 e. The molecule has 3 aromatic rings. The first-order valence-corrected chi connectivity index (χ1v) is 9.23. The zero-order valence-corrected chi connectivity index (χ0v) is 14.0. The van der Waals surface area contributed by atoms with Crippen LogP contribution in [-0.2, 0) is 16.6 Å². The molecule has 0 radical (unpaired) electrons. The maximum atomic E-state index is 12.2. The third-order valence-corrected chi connectivity index (χ3v) is 6.50. The zero-order valence-electron chi connectivity index (χ0n) is 10.8. The number of para-hydroxylation sites is 1. The van der Waals surface area contributed by atoms with Crippen molar-refractivity contribution in [2.45, 2.75) is 10.8 Å². The van der Waals surface area contributed by atoms with E-state index in [1.54, 1.807) is 18.3 Å². The van der Waals surface area contributed by atoms with Crippen LogP contribution in [0.1, 0.15) is 5.56 Å². The lowest BCUT2D eigenvalue weighted by molar-refractivity contribution is 0.583. The smallest absolute Gasteiger partial charge is 0.250 e. The number of hydrogen-bond acceptors (Lipinski definition) is 4. The van der Waals surface area contributed by atoms with E-state index in [4.69, 9.17) is 0 Å². The predicted octanol–water partition coefficient (Wildman–Crippen LogP) is 3.54. The minimum atomic E-state index is -3.50. The minimum Gasteiger partial charge on any atom is -0.256 e. The van der Waals surface area contributed by atoms with Gasteiger partial charge in [0, 0.05) is 18.1 Å². The first-order chi connectivity index (χ1) is 10.1. The molecule has 0 saturated carbocycles. The minimum absolute atomic E-state index is 0.214. The molecule has 0 bridgehead atoms. The van der Waals surface area contributed by atoms with Crippen molar-refractivity contribution in [3.05, 3.63) is 58.0 Å². The fourth-order valence-electron chi connectivity index (χ4n) is 2.00. The topological polar surface area (TPSA) is 59.1 Å². The van der Waals surface area contributed by atoms with E-state index in [1.807, 2.05) is 30.3 Å². The van der Waals surface area contributed by atoms with Crippen molar-refractivity contribution < 1.29 is 8.42 Å². The molecule has 0 aliphatic carbocycles. The molecule has 0 atom stereocenters. The Morgan fingerprint density at radius 3 is 2.71 bits per heavy atom. The molecule has 0 amide bonds. The highest BCUT2D eigenvalue weighted by molar-refractivity contribution is 9.11. The summed E-state index contributed by atoms with van der Waals surface area (Å²) in [4.78, 5) is 4.32. The second kappa shape index (κ2) is 5.84. The van der Waals surface area contributed by atoms with Gasteiger partial charge in [-0.3, -0.25) is 4.98 Å². The number of pyridine rings is 1. The average Bonchev–Trinajstić information content (AvgIpc) is 2.93. The second-order valence-electron chi connectivity index (χ2n) is 4.38. The molecular weight excluding hydrogens is 372 g/mol. The van der Waals surface area contributed by atoms with Crippen molar-refractivity contribution in [1.29, 1.82) is 0 Å². The molecule has 3 rings (SSSR count). The molecule has 2 heterocycles. The molecular formula is C14H11BrN2O2S2. The number of thiophene rings is 1. The van der Waals surface area contributed by atoms with Crippen molar-refractivity contribution in [2.24, 2.45) is 0 Å². The van der Waals surface area contributed by atoms with E-state index in [2.05, 4.69) is 25.6 Å². The van der Waals surface area contributed by atoms with Crippen LogP contribution in [0.2, 0.25) is 0 Å². The normalized spacial score (nSPS) is 11.9. The van der Waals surface area contributed by atoms with Crippen LogP contribution < -0.4 is 4.72 Å². The molecule has 0 spiro atoms. The van der Waals surface area contributed by atoms with E-state index < -0.39 is 10.0 Å². The molecule has 0 saturated heterocycles. The van der Waals surface area contributed by atoms with Crippen molar-refractivity contribution in [3.8, 4) is 0 Å². The Bertz CT molecular complexity index is 885. The van der Waals surface area contributed by atoms with E-state index in [1.165, 1.54) is 11.3 Å². The zero-order chi connectivity index (χ0) is 14.9. The largest absolute Gasteiger partial charge is 0.256 e. The first-order valence-electron chi connectivity index (χ1n) is 6.14. The fourth-order valence-corrected chi connectivity index (χ4v) is 5.06. The van der Waals surface area contributed by atoms with Gasteiger partial charge < -0.3 is 0 Å². The number of fused-ring (bicyclic) bond motifs is 1. The summed E-state index contributed by atoms with van der Waals surface area (Å²) in [5, 5.41) is 0.994. The van der Waals surface area contributed by atoms with Crippen LogP contribution in [0.15, 0.2) is 56.7 Å². The van der Waals surface area contributed by atoms with Crippen molar-refractivity contribution >= 4 is 48.2 Å². The number of nitrogens with one attached hydrogen (secondary N) is 1. The van der Waals surface area contributed by atoms with Crippen LogP contribution in [0.5, 0.6) is 0 Å². The lowest BCUT2D eigenvalue weighted by Gasteiger charge is -2.07. The van der Waals surface area contributed by atoms with Gasteiger partial charge in [-0.15, -0.1) is 11.3 Å². The van der Waals surface area contributed by atoms with Gasteiger partial charge in [0.25, 0.3) is 0 Å². The molecule has 4 nitrogen and oxygen atoms in total. The summed E-state index contributed by atoms with van der Waals surface area (Å²) in [7, 11) is -3.50. The summed E-state index contributed by atoms with van der Waals surface area (Å²) in [6.45, 7) is 0.214. The summed E-state index contributed by atoms with van der Waals surface area (Å²) in [5.41, 5.74) is 1.67. The Labute approximate surface area is 135 Å². The number of hydrogen-bond donors (Lipinski definition) is 1. The van der Waals surface area contributed by atoms with E-state index in [0.29, 0.717) is 4.21 Å². The van der Waals surface area contributed by atoms with E-state index in [0.717, 1.165) is 20.3 Å². The second-order valence-corrected chi connectivity index (χ2v) is 8.83. The Kier molecular flexibility index (Phi) is 4.08. The summed E-state index contributed by atoms with van der Waals surface area (Å²) in [6.07, 6.45) is 1.71. The Morgan fingerprint density at radius 1 is 1.14 bits per heavy atom. The van der Waals surface area contributed by atoms with Crippen molar-refractivity contribution in [1.82, 2.24) is 9.71 Å². The number of nitrogens with zero attached hydrogens (tertiary/aromatic N) is 1.